The van der Waals surface area contributed by atoms with E-state index in [-0.39, 0.29) is 41.0 Å². The van der Waals surface area contributed by atoms with E-state index in [4.69, 9.17) is 21.1 Å². The molecule has 4 atom stereocenters. The maximum absolute atomic E-state index is 13.7. The summed E-state index contributed by atoms with van der Waals surface area (Å²) < 4.78 is 11.9. The summed E-state index contributed by atoms with van der Waals surface area (Å²) in [6.45, 7) is 9.38. The van der Waals surface area contributed by atoms with Gasteiger partial charge in [-0.2, -0.15) is 0 Å². The second kappa shape index (κ2) is 9.56. The monoisotopic (exact) mass is 459 g/mol. The third-order valence-electron chi connectivity index (χ3n) is 6.79. The maximum atomic E-state index is 13.7. The molecule has 0 bridgehead atoms. The Morgan fingerprint density at radius 3 is 2.50 bits per heavy atom. The molecule has 0 aromatic heterocycles. The Morgan fingerprint density at radius 1 is 1.12 bits per heavy atom. The number of hydrogen-bond donors (Lipinski definition) is 0. The molecule has 174 valence electrons. The van der Waals surface area contributed by atoms with Crippen molar-refractivity contribution in [3.63, 3.8) is 0 Å². The summed E-state index contributed by atoms with van der Waals surface area (Å²) in [7, 11) is 0. The molecule has 4 rings (SSSR count). The fraction of sp³-hybridized carbons (Fsp3) is 0.615. The highest BCUT2D eigenvalue weighted by molar-refractivity contribution is 6.21. The number of carbonyl (C=O) groups excluding carboxylic acids is 2. The van der Waals surface area contributed by atoms with Gasteiger partial charge in [-0.15, -0.1) is 11.6 Å². The topological polar surface area (TPSA) is 55.8 Å². The Balaban J connectivity index is 1.66. The molecule has 0 radical (unpaired) electrons. The molecule has 0 N–H and O–H groups in total. The minimum absolute atomic E-state index is 0.0175. The number of carbonyl (C=O) groups is 2. The van der Waals surface area contributed by atoms with E-state index in [2.05, 4.69) is 26.0 Å². The summed E-state index contributed by atoms with van der Waals surface area (Å²) in [5, 5.41) is -0.0175. The molecule has 6 heteroatoms. The van der Waals surface area contributed by atoms with Gasteiger partial charge in [-0.25, -0.2) is 0 Å². The molecule has 0 saturated heterocycles. The number of halogens is 1. The van der Waals surface area contributed by atoms with E-state index < -0.39 is 6.04 Å². The lowest BCUT2D eigenvalue weighted by atomic mass is 9.77. The first-order chi connectivity index (χ1) is 15.3. The molecule has 2 heterocycles. The van der Waals surface area contributed by atoms with Crippen LogP contribution in [-0.2, 0) is 19.1 Å². The molecule has 1 aromatic carbocycles. The molecule has 1 aliphatic carbocycles. The van der Waals surface area contributed by atoms with E-state index in [0.717, 1.165) is 12.0 Å². The lowest BCUT2D eigenvalue weighted by molar-refractivity contribution is -0.135. The molecule has 1 saturated carbocycles. The Labute approximate surface area is 196 Å². The SMILES string of the molecule is CC(C)OCCCN1C(=O)C2=C(C(=O)C3CC(Cl)CCC3O2)C1c1ccc(C(C)C)cc1. The molecular formula is C26H34ClNO4. The van der Waals surface area contributed by atoms with E-state index in [1.807, 2.05) is 26.0 Å². The zero-order valence-electron chi connectivity index (χ0n) is 19.5. The predicted octanol–water partition coefficient (Wildman–Crippen LogP) is 5.14. The van der Waals surface area contributed by atoms with Crippen molar-refractivity contribution in [3.8, 4) is 0 Å². The summed E-state index contributed by atoms with van der Waals surface area (Å²) >= 11 is 6.40. The fourth-order valence-corrected chi connectivity index (χ4v) is 5.38. The van der Waals surface area contributed by atoms with Crippen LogP contribution >= 0.6 is 11.6 Å². The van der Waals surface area contributed by atoms with Crippen LogP contribution in [0, 0.1) is 5.92 Å². The van der Waals surface area contributed by atoms with Gasteiger partial charge in [0.05, 0.1) is 23.6 Å². The van der Waals surface area contributed by atoms with Gasteiger partial charge in [-0.05, 0) is 56.6 Å². The number of amides is 1. The van der Waals surface area contributed by atoms with Crippen molar-refractivity contribution >= 4 is 23.3 Å². The van der Waals surface area contributed by atoms with Gasteiger partial charge in [0.25, 0.3) is 5.91 Å². The van der Waals surface area contributed by atoms with Crippen LogP contribution in [0.25, 0.3) is 0 Å². The van der Waals surface area contributed by atoms with E-state index in [1.54, 1.807) is 4.90 Å². The average molecular weight is 460 g/mol. The van der Waals surface area contributed by atoms with Gasteiger partial charge in [0, 0.05) is 18.5 Å². The van der Waals surface area contributed by atoms with Crippen LogP contribution in [-0.4, -0.2) is 47.3 Å². The zero-order chi connectivity index (χ0) is 23.0. The molecular weight excluding hydrogens is 426 g/mol. The number of hydrogen-bond acceptors (Lipinski definition) is 4. The van der Waals surface area contributed by atoms with Crippen LogP contribution < -0.4 is 0 Å². The first-order valence-corrected chi connectivity index (χ1v) is 12.3. The second-order valence-electron chi connectivity index (χ2n) is 9.78. The van der Waals surface area contributed by atoms with E-state index >= 15 is 0 Å². The number of alkyl halides is 1. The lowest BCUT2D eigenvalue weighted by Gasteiger charge is -2.37. The first kappa shape index (κ1) is 23.3. The van der Waals surface area contributed by atoms with Crippen LogP contribution in [0.15, 0.2) is 35.6 Å². The van der Waals surface area contributed by atoms with Crippen LogP contribution in [0.5, 0.6) is 0 Å². The molecule has 3 aliphatic rings. The minimum atomic E-state index is -0.415. The van der Waals surface area contributed by atoms with Crippen LogP contribution in [0.1, 0.15) is 76.5 Å². The van der Waals surface area contributed by atoms with Crippen molar-refractivity contribution in [3.05, 3.63) is 46.7 Å². The largest absolute Gasteiger partial charge is 0.483 e. The molecule has 1 amide bonds. The highest BCUT2D eigenvalue weighted by atomic mass is 35.5. The van der Waals surface area contributed by atoms with Crippen molar-refractivity contribution in [2.45, 2.75) is 82.9 Å². The highest BCUT2D eigenvalue weighted by Crippen LogP contribution is 2.47. The Hall–Kier alpha value is -1.85. The highest BCUT2D eigenvalue weighted by Gasteiger charge is 2.52. The standard InChI is InChI=1S/C26H34ClNO4/c1-15(2)17-6-8-18(9-7-17)23-22-24(29)20-14-19(27)10-11-21(20)32-25(22)26(30)28(23)12-5-13-31-16(3)4/h6-9,15-16,19-21,23H,5,10-14H2,1-4H3. The van der Waals surface area contributed by atoms with Crippen molar-refractivity contribution in [2.24, 2.45) is 5.92 Å². The summed E-state index contributed by atoms with van der Waals surface area (Å²) in [6, 6.07) is 7.86. The zero-order valence-corrected chi connectivity index (χ0v) is 20.2. The first-order valence-electron chi connectivity index (χ1n) is 11.9. The normalized spacial score (nSPS) is 27.8. The third-order valence-corrected chi connectivity index (χ3v) is 7.19. The summed E-state index contributed by atoms with van der Waals surface area (Å²) in [6.07, 6.45) is 2.74. The molecule has 1 fully saturated rings. The van der Waals surface area contributed by atoms with Gasteiger partial charge in [-0.3, -0.25) is 9.59 Å². The molecule has 4 unspecified atom stereocenters. The molecule has 2 aliphatic heterocycles. The van der Waals surface area contributed by atoms with Crippen molar-refractivity contribution in [2.75, 3.05) is 13.2 Å². The van der Waals surface area contributed by atoms with E-state index in [0.29, 0.717) is 43.9 Å². The van der Waals surface area contributed by atoms with Gasteiger partial charge in [0.2, 0.25) is 0 Å². The van der Waals surface area contributed by atoms with Crippen molar-refractivity contribution in [1.29, 1.82) is 0 Å². The number of ketones is 1. The van der Waals surface area contributed by atoms with Crippen LogP contribution in [0.4, 0.5) is 0 Å². The fourth-order valence-electron chi connectivity index (χ4n) is 5.06. The average Bonchev–Trinajstić information content (AvgIpc) is 3.04. The maximum Gasteiger partial charge on any atom is 0.290 e. The van der Waals surface area contributed by atoms with Gasteiger partial charge >= 0.3 is 0 Å². The van der Waals surface area contributed by atoms with E-state index in [1.165, 1.54) is 5.56 Å². The minimum Gasteiger partial charge on any atom is -0.483 e. The number of nitrogens with zero attached hydrogens (tertiary/aromatic N) is 1. The Kier molecular flexibility index (Phi) is 6.97. The molecule has 5 nitrogen and oxygen atoms in total. The number of fused-ring (bicyclic) bond motifs is 1. The number of ether oxygens (including phenoxy) is 2. The smallest absolute Gasteiger partial charge is 0.290 e. The number of Topliss-reactive ketones (excluding diaryl/α,β-unsaturated/α-hetero) is 1. The molecule has 0 spiro atoms. The summed E-state index contributed by atoms with van der Waals surface area (Å²) in [5.74, 6) is 0.263. The summed E-state index contributed by atoms with van der Waals surface area (Å²) in [5.41, 5.74) is 2.70. The third kappa shape index (κ3) is 4.47. The number of benzene rings is 1. The predicted molar refractivity (Wildman–Crippen MR) is 125 cm³/mol. The number of rotatable bonds is 7. The molecule has 32 heavy (non-hydrogen) atoms. The summed E-state index contributed by atoms with van der Waals surface area (Å²) in [4.78, 5) is 28.9. The van der Waals surface area contributed by atoms with Gasteiger partial charge in [-0.1, -0.05) is 38.1 Å². The van der Waals surface area contributed by atoms with Crippen LogP contribution in [0.3, 0.4) is 0 Å². The second-order valence-corrected chi connectivity index (χ2v) is 10.4. The molecule has 1 aromatic rings. The van der Waals surface area contributed by atoms with Gasteiger partial charge in [0.15, 0.2) is 11.5 Å². The van der Waals surface area contributed by atoms with Crippen LogP contribution in [0.2, 0.25) is 0 Å². The van der Waals surface area contributed by atoms with Gasteiger partial charge < -0.3 is 14.4 Å². The van der Waals surface area contributed by atoms with Crippen molar-refractivity contribution < 1.29 is 19.1 Å². The van der Waals surface area contributed by atoms with E-state index in [9.17, 15) is 9.59 Å². The van der Waals surface area contributed by atoms with Gasteiger partial charge in [0.1, 0.15) is 6.10 Å². The Bertz CT molecular complexity index is 892. The Morgan fingerprint density at radius 2 is 1.84 bits per heavy atom. The quantitative estimate of drug-likeness (QED) is 0.418. The lowest BCUT2D eigenvalue weighted by Crippen LogP contribution is -2.41. The van der Waals surface area contributed by atoms with Crippen molar-refractivity contribution in [1.82, 2.24) is 4.90 Å².